The van der Waals surface area contributed by atoms with E-state index in [0.29, 0.717) is 11.7 Å². The van der Waals surface area contributed by atoms with Crippen molar-refractivity contribution >= 4 is 11.5 Å². The maximum Gasteiger partial charge on any atom is 0.164 e. The van der Waals surface area contributed by atoms with Gasteiger partial charge < -0.3 is 4.90 Å². The Hall–Kier alpha value is -2.17. The quantitative estimate of drug-likeness (QED) is 0.814. The fraction of sp³-hybridized carbons (Fsp3) is 0.375. The third-order valence-electron chi connectivity index (χ3n) is 4.05. The average molecular weight is 287 g/mol. The second-order valence-electron chi connectivity index (χ2n) is 5.39. The third-order valence-corrected chi connectivity index (χ3v) is 4.05. The number of halogens is 1. The monoisotopic (exact) mass is 287 g/mol. The molecule has 4 nitrogen and oxygen atoms in total. The number of aromatic nitrogens is 2. The van der Waals surface area contributed by atoms with E-state index in [1.165, 1.54) is 13.0 Å². The van der Waals surface area contributed by atoms with Crippen molar-refractivity contribution in [2.24, 2.45) is 0 Å². The largest absolute Gasteiger partial charge is 0.371 e. The fourth-order valence-corrected chi connectivity index (χ4v) is 2.99. The Balaban J connectivity index is 1.78. The number of benzene rings is 1. The van der Waals surface area contributed by atoms with Crippen LogP contribution in [-0.4, -0.2) is 28.7 Å². The van der Waals surface area contributed by atoms with Crippen LogP contribution in [0.3, 0.4) is 0 Å². The molecular formula is C16H18FN3O. The number of Topliss-reactive ketones (excluding diaryl/α,β-unsaturated/α-hetero) is 1. The Kier molecular flexibility index (Phi) is 3.73. The minimum Gasteiger partial charge on any atom is -0.371 e. The summed E-state index contributed by atoms with van der Waals surface area (Å²) in [6.45, 7) is 3.01. The van der Waals surface area contributed by atoms with Crippen molar-refractivity contribution in [2.75, 3.05) is 18.0 Å². The zero-order valence-electron chi connectivity index (χ0n) is 12.0. The van der Waals surface area contributed by atoms with Crippen LogP contribution in [0.2, 0.25) is 0 Å². The fourth-order valence-electron chi connectivity index (χ4n) is 2.99. The molecule has 0 unspecified atom stereocenters. The van der Waals surface area contributed by atoms with E-state index >= 15 is 0 Å². The predicted octanol–water partition coefficient (Wildman–Crippen LogP) is 3.07. The van der Waals surface area contributed by atoms with Crippen LogP contribution >= 0.6 is 0 Å². The van der Waals surface area contributed by atoms with Gasteiger partial charge in [0.2, 0.25) is 0 Å². The first kappa shape index (κ1) is 13.8. The highest BCUT2D eigenvalue weighted by molar-refractivity contribution is 6.00. The molecule has 0 radical (unpaired) electrons. The van der Waals surface area contributed by atoms with Crippen LogP contribution in [0.15, 0.2) is 36.7 Å². The Labute approximate surface area is 123 Å². The Morgan fingerprint density at radius 1 is 1.29 bits per heavy atom. The predicted molar refractivity (Wildman–Crippen MR) is 79.1 cm³/mol. The van der Waals surface area contributed by atoms with Crippen molar-refractivity contribution in [3.05, 3.63) is 48.0 Å². The van der Waals surface area contributed by atoms with Gasteiger partial charge in [-0.2, -0.15) is 5.10 Å². The number of nitrogens with zero attached hydrogens (tertiary/aromatic N) is 3. The lowest BCUT2D eigenvalue weighted by atomic mass is 10.0. The number of carbonyl (C=O) groups is 1. The molecule has 1 aliphatic rings. The molecule has 21 heavy (non-hydrogen) atoms. The summed E-state index contributed by atoms with van der Waals surface area (Å²) in [7, 11) is 0. The highest BCUT2D eigenvalue weighted by atomic mass is 19.1. The molecule has 1 aliphatic heterocycles. The lowest BCUT2D eigenvalue weighted by Crippen LogP contribution is -2.35. The van der Waals surface area contributed by atoms with Crippen LogP contribution < -0.4 is 4.90 Å². The second-order valence-corrected chi connectivity index (χ2v) is 5.39. The summed E-state index contributed by atoms with van der Waals surface area (Å²) in [6, 6.07) is 7.14. The molecular weight excluding hydrogens is 269 g/mol. The molecule has 1 aromatic heterocycles. The van der Waals surface area contributed by atoms with E-state index < -0.39 is 5.82 Å². The normalized spacial score (nSPS) is 16.2. The average Bonchev–Trinajstić information content (AvgIpc) is 3.01. The molecule has 3 rings (SSSR count). The number of rotatable bonds is 3. The van der Waals surface area contributed by atoms with Gasteiger partial charge in [-0.25, -0.2) is 4.39 Å². The number of piperidine rings is 1. The van der Waals surface area contributed by atoms with Gasteiger partial charge in [0, 0.05) is 25.5 Å². The molecule has 2 aromatic rings. The lowest BCUT2D eigenvalue weighted by Gasteiger charge is -2.34. The summed E-state index contributed by atoms with van der Waals surface area (Å²) < 4.78 is 15.9. The molecule has 5 heteroatoms. The van der Waals surface area contributed by atoms with Gasteiger partial charge in [0.1, 0.15) is 5.82 Å². The Morgan fingerprint density at radius 2 is 2.05 bits per heavy atom. The summed E-state index contributed by atoms with van der Waals surface area (Å²) >= 11 is 0. The van der Waals surface area contributed by atoms with E-state index in [1.807, 2.05) is 23.0 Å². The molecule has 0 amide bonds. The third kappa shape index (κ3) is 2.68. The summed E-state index contributed by atoms with van der Waals surface area (Å²) in [5.41, 5.74) is 0.913. The van der Waals surface area contributed by atoms with Crippen LogP contribution in [0, 0.1) is 5.82 Å². The number of hydrogen-bond acceptors (Lipinski definition) is 3. The number of carbonyl (C=O) groups excluding carboxylic acids is 1. The van der Waals surface area contributed by atoms with E-state index in [9.17, 15) is 9.18 Å². The van der Waals surface area contributed by atoms with Crippen LogP contribution in [0.25, 0.3) is 0 Å². The first-order valence-electron chi connectivity index (χ1n) is 7.20. The number of hydrogen-bond donors (Lipinski definition) is 0. The first-order chi connectivity index (χ1) is 10.2. The standard InChI is InChI=1S/C16H18FN3O/c1-12(21)16-14(17)4-2-5-15(16)19-10-6-13(7-11-19)20-9-3-8-18-20/h2-5,8-9,13H,6-7,10-11H2,1H3. The zero-order chi connectivity index (χ0) is 14.8. The summed E-state index contributed by atoms with van der Waals surface area (Å²) in [5, 5.41) is 4.28. The van der Waals surface area contributed by atoms with Gasteiger partial charge in [-0.3, -0.25) is 9.48 Å². The molecule has 110 valence electrons. The SMILES string of the molecule is CC(=O)c1c(F)cccc1N1CCC(n2cccn2)CC1. The first-order valence-corrected chi connectivity index (χ1v) is 7.20. The molecule has 1 fully saturated rings. The second kappa shape index (κ2) is 5.68. The van der Waals surface area contributed by atoms with Gasteiger partial charge in [-0.15, -0.1) is 0 Å². The summed E-state index contributed by atoms with van der Waals surface area (Å²) in [4.78, 5) is 13.8. The molecule has 2 heterocycles. The van der Waals surface area contributed by atoms with Crippen molar-refractivity contribution in [3.8, 4) is 0 Å². The maximum absolute atomic E-state index is 13.9. The van der Waals surface area contributed by atoms with E-state index in [4.69, 9.17) is 0 Å². The molecule has 0 spiro atoms. The van der Waals surface area contributed by atoms with Gasteiger partial charge in [-0.1, -0.05) is 6.07 Å². The number of ketones is 1. The lowest BCUT2D eigenvalue weighted by molar-refractivity contribution is 0.101. The van der Waals surface area contributed by atoms with Gasteiger partial charge >= 0.3 is 0 Å². The minimum atomic E-state index is -0.436. The van der Waals surface area contributed by atoms with Crippen molar-refractivity contribution in [1.82, 2.24) is 9.78 Å². The van der Waals surface area contributed by atoms with Gasteiger partial charge in [0.05, 0.1) is 17.3 Å². The topological polar surface area (TPSA) is 38.1 Å². The van der Waals surface area contributed by atoms with Crippen molar-refractivity contribution in [2.45, 2.75) is 25.8 Å². The highest BCUT2D eigenvalue weighted by Crippen LogP contribution is 2.29. The van der Waals surface area contributed by atoms with E-state index in [-0.39, 0.29) is 11.3 Å². The Bertz CT molecular complexity index is 631. The number of anilines is 1. The molecule has 0 aliphatic carbocycles. The van der Waals surface area contributed by atoms with Crippen LogP contribution in [-0.2, 0) is 0 Å². The maximum atomic E-state index is 13.9. The molecule has 0 atom stereocenters. The Morgan fingerprint density at radius 3 is 2.67 bits per heavy atom. The van der Waals surface area contributed by atoms with Crippen LogP contribution in [0.4, 0.5) is 10.1 Å². The van der Waals surface area contributed by atoms with Crippen LogP contribution in [0.5, 0.6) is 0 Å². The van der Waals surface area contributed by atoms with Crippen molar-refractivity contribution in [3.63, 3.8) is 0 Å². The molecule has 0 saturated carbocycles. The molecule has 0 bridgehead atoms. The zero-order valence-corrected chi connectivity index (χ0v) is 12.0. The highest BCUT2D eigenvalue weighted by Gasteiger charge is 2.24. The summed E-state index contributed by atoms with van der Waals surface area (Å²) in [6.07, 6.45) is 5.64. The van der Waals surface area contributed by atoms with E-state index in [2.05, 4.69) is 10.00 Å². The van der Waals surface area contributed by atoms with Crippen LogP contribution in [0.1, 0.15) is 36.2 Å². The smallest absolute Gasteiger partial charge is 0.164 e. The van der Waals surface area contributed by atoms with Gasteiger partial charge in [0.25, 0.3) is 0 Å². The van der Waals surface area contributed by atoms with Gasteiger partial charge in [0.15, 0.2) is 5.78 Å². The van der Waals surface area contributed by atoms with Gasteiger partial charge in [-0.05, 0) is 38.0 Å². The molecule has 0 N–H and O–H groups in total. The molecule has 1 aromatic carbocycles. The van der Waals surface area contributed by atoms with E-state index in [1.54, 1.807) is 12.3 Å². The molecule has 1 saturated heterocycles. The van der Waals surface area contributed by atoms with E-state index in [0.717, 1.165) is 25.9 Å². The van der Waals surface area contributed by atoms with Crippen molar-refractivity contribution in [1.29, 1.82) is 0 Å². The summed E-state index contributed by atoms with van der Waals surface area (Å²) in [5.74, 6) is -0.661. The van der Waals surface area contributed by atoms with Crippen molar-refractivity contribution < 1.29 is 9.18 Å². The minimum absolute atomic E-state index is 0.204.